The molecule has 1 aromatic rings. The molecule has 0 radical (unpaired) electrons. The number of halogens is 2. The summed E-state index contributed by atoms with van der Waals surface area (Å²) in [5, 5.41) is 19.6. The second-order valence-electron chi connectivity index (χ2n) is 4.15. The molecular weight excluding hydrogens is 289 g/mol. The molecule has 19 heavy (non-hydrogen) atoms. The number of aliphatic hydroxyl groups is 1. The van der Waals surface area contributed by atoms with Crippen LogP contribution in [-0.4, -0.2) is 34.9 Å². The molecule has 0 unspecified atom stereocenters. The number of aliphatic hydroxyl groups excluding tert-OH is 1. The van der Waals surface area contributed by atoms with Gasteiger partial charge in [0.1, 0.15) is 0 Å². The lowest BCUT2D eigenvalue weighted by Gasteiger charge is -2.39. The molecule has 0 aliphatic heterocycles. The normalized spacial score (nSPS) is 13.7. The van der Waals surface area contributed by atoms with Crippen LogP contribution in [0.15, 0.2) is 30.9 Å². The number of amides is 1. The van der Waals surface area contributed by atoms with E-state index in [1.807, 2.05) is 0 Å². The second-order valence-corrected chi connectivity index (χ2v) is 4.97. The first-order chi connectivity index (χ1) is 8.89. The summed E-state index contributed by atoms with van der Waals surface area (Å²) in [4.78, 5) is 12.3. The lowest BCUT2D eigenvalue weighted by molar-refractivity contribution is 0.0479. The van der Waals surface area contributed by atoms with Gasteiger partial charge in [0.25, 0.3) is 0 Å². The summed E-state index contributed by atoms with van der Waals surface area (Å²) < 4.78 is 0. The second kappa shape index (κ2) is 6.28. The van der Waals surface area contributed by atoms with E-state index in [0.29, 0.717) is 15.6 Å². The van der Waals surface area contributed by atoms with Crippen molar-refractivity contribution in [3.05, 3.63) is 46.5 Å². The van der Waals surface area contributed by atoms with E-state index in [1.54, 1.807) is 24.3 Å². The largest absolute Gasteiger partial charge is 0.465 e. The zero-order valence-electron chi connectivity index (χ0n) is 10.4. The van der Waals surface area contributed by atoms with Crippen LogP contribution in [0.3, 0.4) is 0 Å². The van der Waals surface area contributed by atoms with Gasteiger partial charge in [-0.3, -0.25) is 4.90 Å². The number of likely N-dealkylation sites (N-methyl/N-ethyl adjacent to an activating group) is 1. The summed E-state index contributed by atoms with van der Waals surface area (Å²) in [6.45, 7) is 3.22. The van der Waals surface area contributed by atoms with E-state index in [2.05, 4.69) is 6.58 Å². The molecule has 6 heteroatoms. The third-order valence-electron chi connectivity index (χ3n) is 3.13. The zero-order chi connectivity index (χ0) is 14.6. The minimum atomic E-state index is -1.15. The van der Waals surface area contributed by atoms with E-state index in [-0.39, 0.29) is 13.0 Å². The van der Waals surface area contributed by atoms with Crippen molar-refractivity contribution in [1.29, 1.82) is 0 Å². The number of hydrogen-bond acceptors (Lipinski definition) is 2. The van der Waals surface area contributed by atoms with Gasteiger partial charge in [-0.15, -0.1) is 6.58 Å². The third-order valence-corrected chi connectivity index (χ3v) is 3.87. The van der Waals surface area contributed by atoms with Crippen molar-refractivity contribution in [3.8, 4) is 0 Å². The molecule has 1 aromatic carbocycles. The molecule has 0 aromatic heterocycles. The molecule has 0 fully saturated rings. The Bertz CT molecular complexity index is 493. The van der Waals surface area contributed by atoms with Gasteiger partial charge < -0.3 is 10.2 Å². The van der Waals surface area contributed by atoms with Gasteiger partial charge in [0.15, 0.2) is 0 Å². The van der Waals surface area contributed by atoms with Crippen molar-refractivity contribution in [2.24, 2.45) is 0 Å². The fraction of sp³-hybridized carbons (Fsp3) is 0.308. The van der Waals surface area contributed by atoms with E-state index in [9.17, 15) is 15.0 Å². The summed E-state index contributed by atoms with van der Waals surface area (Å²) >= 11 is 11.8. The van der Waals surface area contributed by atoms with Crippen LogP contribution in [0.4, 0.5) is 4.79 Å². The number of carboxylic acid groups (broad SMARTS) is 1. The Hall–Kier alpha value is -1.23. The SMILES string of the molecule is C=CC[C@@](CO)(c1ccc(Cl)c(Cl)c1)N(C)C(=O)O. The molecule has 1 amide bonds. The average molecular weight is 304 g/mol. The van der Waals surface area contributed by atoms with Gasteiger partial charge >= 0.3 is 6.09 Å². The van der Waals surface area contributed by atoms with Gasteiger partial charge in [0.05, 0.1) is 22.2 Å². The zero-order valence-corrected chi connectivity index (χ0v) is 11.9. The van der Waals surface area contributed by atoms with Crippen molar-refractivity contribution in [3.63, 3.8) is 0 Å². The van der Waals surface area contributed by atoms with Crippen LogP contribution in [0.1, 0.15) is 12.0 Å². The molecule has 1 rings (SSSR count). The summed E-state index contributed by atoms with van der Waals surface area (Å²) in [6.07, 6.45) is 0.657. The molecule has 1 atom stereocenters. The fourth-order valence-electron chi connectivity index (χ4n) is 1.92. The van der Waals surface area contributed by atoms with Gasteiger partial charge in [-0.2, -0.15) is 0 Å². The minimum absolute atomic E-state index is 0.254. The standard InChI is InChI=1S/C13H15Cl2NO3/c1-3-6-13(8-17,16(2)12(18)19)9-4-5-10(14)11(15)7-9/h3-5,7,17H,1,6,8H2,2H3,(H,18,19)/t13-/m1/s1. The van der Waals surface area contributed by atoms with Crippen molar-refractivity contribution in [2.45, 2.75) is 12.0 Å². The van der Waals surface area contributed by atoms with Crippen LogP contribution >= 0.6 is 23.2 Å². The Morgan fingerprint density at radius 3 is 2.53 bits per heavy atom. The first kappa shape index (κ1) is 15.8. The Morgan fingerprint density at radius 2 is 2.11 bits per heavy atom. The molecule has 2 N–H and O–H groups in total. The number of rotatable bonds is 5. The van der Waals surface area contributed by atoms with E-state index >= 15 is 0 Å². The molecule has 4 nitrogen and oxygen atoms in total. The van der Waals surface area contributed by atoms with Crippen LogP contribution < -0.4 is 0 Å². The number of nitrogens with zero attached hydrogens (tertiary/aromatic N) is 1. The van der Waals surface area contributed by atoms with Crippen LogP contribution in [0.5, 0.6) is 0 Å². The predicted octanol–water partition coefficient (Wildman–Crippen LogP) is 3.37. The minimum Gasteiger partial charge on any atom is -0.465 e. The molecule has 0 spiro atoms. The summed E-state index contributed by atoms with van der Waals surface area (Å²) in [6, 6.07) is 4.78. The smallest absolute Gasteiger partial charge is 0.407 e. The Morgan fingerprint density at radius 1 is 1.47 bits per heavy atom. The maximum absolute atomic E-state index is 11.2. The van der Waals surface area contributed by atoms with Crippen molar-refractivity contribution in [2.75, 3.05) is 13.7 Å². The van der Waals surface area contributed by atoms with Crippen LogP contribution in [-0.2, 0) is 5.54 Å². The van der Waals surface area contributed by atoms with Crippen molar-refractivity contribution >= 4 is 29.3 Å². The summed E-state index contributed by atoms with van der Waals surface area (Å²) in [7, 11) is 1.39. The molecule has 0 saturated carbocycles. The first-order valence-corrected chi connectivity index (χ1v) is 6.28. The fourth-order valence-corrected chi connectivity index (χ4v) is 2.22. The highest BCUT2D eigenvalue weighted by atomic mass is 35.5. The van der Waals surface area contributed by atoms with Gasteiger partial charge in [-0.1, -0.05) is 35.3 Å². The Balaban J connectivity index is 3.40. The number of carbonyl (C=O) groups is 1. The van der Waals surface area contributed by atoms with Crippen molar-refractivity contribution < 1.29 is 15.0 Å². The number of hydrogen-bond donors (Lipinski definition) is 2. The highest BCUT2D eigenvalue weighted by Gasteiger charge is 2.38. The third kappa shape index (κ3) is 3.03. The molecule has 0 saturated heterocycles. The van der Waals surface area contributed by atoms with Crippen LogP contribution in [0, 0.1) is 0 Å². The van der Waals surface area contributed by atoms with Crippen LogP contribution in [0.2, 0.25) is 10.0 Å². The van der Waals surface area contributed by atoms with E-state index in [1.165, 1.54) is 7.05 Å². The maximum Gasteiger partial charge on any atom is 0.407 e. The summed E-state index contributed by atoms with van der Waals surface area (Å²) in [5.41, 5.74) is -0.559. The lowest BCUT2D eigenvalue weighted by Crippen LogP contribution is -2.49. The molecular formula is C13H15Cl2NO3. The molecule has 0 heterocycles. The lowest BCUT2D eigenvalue weighted by atomic mass is 9.86. The topological polar surface area (TPSA) is 60.8 Å². The maximum atomic E-state index is 11.2. The first-order valence-electron chi connectivity index (χ1n) is 5.53. The summed E-state index contributed by atoms with van der Waals surface area (Å²) in [5.74, 6) is 0. The van der Waals surface area contributed by atoms with Gasteiger partial charge in [0, 0.05) is 7.05 Å². The highest BCUT2D eigenvalue weighted by molar-refractivity contribution is 6.42. The Labute approximate surface area is 121 Å². The molecule has 0 aliphatic rings. The monoisotopic (exact) mass is 303 g/mol. The van der Waals surface area contributed by atoms with Gasteiger partial charge in [-0.05, 0) is 24.1 Å². The molecule has 0 aliphatic carbocycles. The van der Waals surface area contributed by atoms with Gasteiger partial charge in [-0.25, -0.2) is 4.79 Å². The van der Waals surface area contributed by atoms with Crippen molar-refractivity contribution in [1.82, 2.24) is 4.90 Å². The van der Waals surface area contributed by atoms with E-state index in [0.717, 1.165) is 4.90 Å². The average Bonchev–Trinajstić information content (AvgIpc) is 2.38. The van der Waals surface area contributed by atoms with E-state index < -0.39 is 11.6 Å². The van der Waals surface area contributed by atoms with E-state index in [4.69, 9.17) is 23.2 Å². The molecule has 104 valence electrons. The predicted molar refractivity (Wildman–Crippen MR) is 75.8 cm³/mol. The van der Waals surface area contributed by atoms with Crippen LogP contribution in [0.25, 0.3) is 0 Å². The Kier molecular flexibility index (Phi) is 5.23. The van der Waals surface area contributed by atoms with Gasteiger partial charge in [0.2, 0.25) is 0 Å². The molecule has 0 bridgehead atoms. The quantitative estimate of drug-likeness (QED) is 0.820. The number of benzene rings is 1. The highest BCUT2D eigenvalue weighted by Crippen LogP contribution is 2.35.